The lowest BCUT2D eigenvalue weighted by Gasteiger charge is -2.15. The SMILES string of the molecule is Cc1ccc2c(C(C(=O)O)C(C)C)scc2c1. The van der Waals surface area contributed by atoms with E-state index in [4.69, 9.17) is 0 Å². The van der Waals surface area contributed by atoms with Crippen LogP contribution in [0.4, 0.5) is 0 Å². The minimum atomic E-state index is -0.732. The van der Waals surface area contributed by atoms with Crippen molar-refractivity contribution in [3.63, 3.8) is 0 Å². The first kappa shape index (κ1) is 12.1. The lowest BCUT2D eigenvalue weighted by molar-refractivity contribution is -0.139. The summed E-state index contributed by atoms with van der Waals surface area (Å²) in [6.07, 6.45) is 0. The van der Waals surface area contributed by atoms with Gasteiger partial charge in [-0.15, -0.1) is 11.3 Å². The van der Waals surface area contributed by atoms with E-state index in [1.54, 1.807) is 11.3 Å². The van der Waals surface area contributed by atoms with Crippen LogP contribution in [0.3, 0.4) is 0 Å². The van der Waals surface area contributed by atoms with Crippen molar-refractivity contribution in [2.75, 3.05) is 0 Å². The molecule has 0 radical (unpaired) electrons. The normalized spacial score (nSPS) is 13.2. The van der Waals surface area contributed by atoms with Crippen molar-refractivity contribution in [1.29, 1.82) is 0 Å². The molecule has 1 heterocycles. The van der Waals surface area contributed by atoms with Crippen molar-refractivity contribution in [2.45, 2.75) is 26.7 Å². The molecule has 0 amide bonds. The van der Waals surface area contributed by atoms with Crippen LogP contribution in [0.25, 0.3) is 10.8 Å². The van der Waals surface area contributed by atoms with Gasteiger partial charge in [-0.3, -0.25) is 4.79 Å². The van der Waals surface area contributed by atoms with Crippen molar-refractivity contribution >= 4 is 28.1 Å². The zero-order chi connectivity index (χ0) is 12.6. The lowest BCUT2D eigenvalue weighted by Crippen LogP contribution is -2.16. The fourth-order valence-corrected chi connectivity index (χ4v) is 3.42. The van der Waals surface area contributed by atoms with Crippen molar-refractivity contribution < 1.29 is 9.90 Å². The summed E-state index contributed by atoms with van der Waals surface area (Å²) >= 11 is 1.56. The highest BCUT2D eigenvalue weighted by Gasteiger charge is 2.26. The molecule has 0 spiro atoms. The summed E-state index contributed by atoms with van der Waals surface area (Å²) in [4.78, 5) is 12.3. The number of rotatable bonds is 3. The molecule has 90 valence electrons. The maximum atomic E-state index is 11.4. The molecular weight excluding hydrogens is 232 g/mol. The average Bonchev–Trinajstić information content (AvgIpc) is 2.60. The van der Waals surface area contributed by atoms with Gasteiger partial charge in [-0.2, -0.15) is 0 Å². The van der Waals surface area contributed by atoms with Crippen molar-refractivity contribution in [3.8, 4) is 0 Å². The quantitative estimate of drug-likeness (QED) is 0.890. The number of benzene rings is 1. The van der Waals surface area contributed by atoms with Gasteiger partial charge in [-0.05, 0) is 29.0 Å². The first-order valence-corrected chi connectivity index (χ1v) is 6.59. The second-order valence-electron chi connectivity index (χ2n) is 4.75. The molecule has 2 nitrogen and oxygen atoms in total. The number of fused-ring (bicyclic) bond motifs is 1. The summed E-state index contributed by atoms with van der Waals surface area (Å²) < 4.78 is 0. The molecule has 2 aromatic rings. The van der Waals surface area contributed by atoms with Gasteiger partial charge >= 0.3 is 5.97 Å². The van der Waals surface area contributed by atoms with Gasteiger partial charge in [-0.25, -0.2) is 0 Å². The Morgan fingerprint density at radius 2 is 2.06 bits per heavy atom. The fraction of sp³-hybridized carbons (Fsp3) is 0.357. The van der Waals surface area contributed by atoms with Crippen LogP contribution in [0.2, 0.25) is 0 Å². The molecule has 0 fully saturated rings. The van der Waals surface area contributed by atoms with Gasteiger partial charge in [0.2, 0.25) is 0 Å². The van der Waals surface area contributed by atoms with Crippen LogP contribution in [0.15, 0.2) is 23.6 Å². The number of aliphatic carboxylic acids is 1. The van der Waals surface area contributed by atoms with E-state index < -0.39 is 11.9 Å². The first-order chi connectivity index (χ1) is 8.00. The second kappa shape index (κ2) is 4.49. The van der Waals surface area contributed by atoms with E-state index in [1.807, 2.05) is 32.9 Å². The summed E-state index contributed by atoms with van der Waals surface area (Å²) in [7, 11) is 0. The molecule has 3 heteroatoms. The predicted molar refractivity (Wildman–Crippen MR) is 71.8 cm³/mol. The van der Waals surface area contributed by atoms with Crippen molar-refractivity contribution in [1.82, 2.24) is 0 Å². The monoisotopic (exact) mass is 248 g/mol. The van der Waals surface area contributed by atoms with Crippen LogP contribution in [-0.4, -0.2) is 11.1 Å². The summed E-state index contributed by atoms with van der Waals surface area (Å²) in [5, 5.41) is 13.6. The van der Waals surface area contributed by atoms with E-state index in [9.17, 15) is 9.90 Å². The van der Waals surface area contributed by atoms with E-state index >= 15 is 0 Å². The molecule has 0 aliphatic heterocycles. The zero-order valence-electron chi connectivity index (χ0n) is 10.2. The molecule has 0 saturated heterocycles. The van der Waals surface area contributed by atoms with Crippen LogP contribution < -0.4 is 0 Å². The number of carboxylic acid groups (broad SMARTS) is 1. The summed E-state index contributed by atoms with van der Waals surface area (Å²) in [6.45, 7) is 5.96. The van der Waals surface area contributed by atoms with E-state index in [-0.39, 0.29) is 5.92 Å². The number of carboxylic acids is 1. The number of thiophene rings is 1. The van der Waals surface area contributed by atoms with E-state index in [0.717, 1.165) is 15.6 Å². The van der Waals surface area contributed by atoms with Gasteiger partial charge in [0.1, 0.15) is 0 Å². The van der Waals surface area contributed by atoms with Gasteiger partial charge in [-0.1, -0.05) is 37.6 Å². The Balaban J connectivity index is 2.58. The van der Waals surface area contributed by atoms with Gasteiger partial charge in [0.05, 0.1) is 5.92 Å². The summed E-state index contributed by atoms with van der Waals surface area (Å²) in [5.74, 6) is -1.03. The fourth-order valence-electron chi connectivity index (χ4n) is 2.14. The summed E-state index contributed by atoms with van der Waals surface area (Å²) in [5.41, 5.74) is 1.21. The third-order valence-corrected chi connectivity index (χ3v) is 4.10. The van der Waals surface area contributed by atoms with E-state index in [1.165, 1.54) is 5.56 Å². The third kappa shape index (κ3) is 2.20. The molecule has 0 aliphatic rings. The number of carbonyl (C=O) groups is 1. The molecule has 1 aromatic carbocycles. The molecule has 1 N–H and O–H groups in total. The summed E-state index contributed by atoms with van der Waals surface area (Å²) in [6, 6.07) is 6.18. The van der Waals surface area contributed by atoms with Crippen LogP contribution in [0.1, 0.15) is 30.2 Å². The highest BCUT2D eigenvalue weighted by Crippen LogP contribution is 2.36. The Bertz CT molecular complexity index is 554. The lowest BCUT2D eigenvalue weighted by atomic mass is 9.92. The maximum Gasteiger partial charge on any atom is 0.312 e. The molecule has 17 heavy (non-hydrogen) atoms. The zero-order valence-corrected chi connectivity index (χ0v) is 11.0. The number of aryl methyl sites for hydroxylation is 1. The molecule has 1 atom stereocenters. The molecule has 0 bridgehead atoms. The highest BCUT2D eigenvalue weighted by molar-refractivity contribution is 7.11. The van der Waals surface area contributed by atoms with Crippen molar-refractivity contribution in [3.05, 3.63) is 34.0 Å². The topological polar surface area (TPSA) is 37.3 Å². The minimum absolute atomic E-state index is 0.107. The van der Waals surface area contributed by atoms with Gasteiger partial charge in [0, 0.05) is 4.88 Å². The predicted octanol–water partition coefficient (Wildman–Crippen LogP) is 4.03. The Morgan fingerprint density at radius 1 is 1.35 bits per heavy atom. The molecule has 2 rings (SSSR count). The average molecular weight is 248 g/mol. The standard InChI is InChI=1S/C14H16O2S/c1-8(2)12(14(15)16)13-11-5-4-9(3)6-10(11)7-17-13/h4-8,12H,1-3H3,(H,15,16). The first-order valence-electron chi connectivity index (χ1n) is 5.71. The Morgan fingerprint density at radius 3 is 2.65 bits per heavy atom. The van der Waals surface area contributed by atoms with Crippen LogP contribution in [0.5, 0.6) is 0 Å². The molecule has 1 aromatic heterocycles. The van der Waals surface area contributed by atoms with Gasteiger partial charge in [0.25, 0.3) is 0 Å². The highest BCUT2D eigenvalue weighted by atomic mass is 32.1. The van der Waals surface area contributed by atoms with Crippen LogP contribution >= 0.6 is 11.3 Å². The van der Waals surface area contributed by atoms with E-state index in [2.05, 4.69) is 11.4 Å². The maximum absolute atomic E-state index is 11.4. The number of hydrogen-bond donors (Lipinski definition) is 1. The second-order valence-corrected chi connectivity index (χ2v) is 5.66. The molecule has 1 unspecified atom stereocenters. The van der Waals surface area contributed by atoms with Gasteiger partial charge < -0.3 is 5.11 Å². The minimum Gasteiger partial charge on any atom is -0.481 e. The van der Waals surface area contributed by atoms with Gasteiger partial charge in [0.15, 0.2) is 0 Å². The smallest absolute Gasteiger partial charge is 0.312 e. The molecular formula is C14H16O2S. The Hall–Kier alpha value is -1.35. The third-order valence-electron chi connectivity index (χ3n) is 3.00. The molecule has 0 saturated carbocycles. The van der Waals surface area contributed by atoms with E-state index in [0.29, 0.717) is 0 Å². The number of hydrogen-bond acceptors (Lipinski definition) is 2. The van der Waals surface area contributed by atoms with Crippen LogP contribution in [0, 0.1) is 12.8 Å². The Kier molecular flexibility index (Phi) is 3.20. The van der Waals surface area contributed by atoms with Crippen LogP contribution in [-0.2, 0) is 4.79 Å². The largest absolute Gasteiger partial charge is 0.481 e. The Labute approximate surface area is 105 Å². The van der Waals surface area contributed by atoms with Crippen molar-refractivity contribution in [2.24, 2.45) is 5.92 Å². The molecule has 0 aliphatic carbocycles.